The van der Waals surface area contributed by atoms with Crippen LogP contribution in [0.1, 0.15) is 24.4 Å². The summed E-state index contributed by atoms with van der Waals surface area (Å²) in [6.07, 6.45) is 1.07. The maximum Gasteiger partial charge on any atom is 0.235 e. The third-order valence-electron chi connectivity index (χ3n) is 2.87. The fourth-order valence-corrected chi connectivity index (χ4v) is 1.92. The van der Waals surface area contributed by atoms with Gasteiger partial charge >= 0.3 is 0 Å². The van der Waals surface area contributed by atoms with Crippen LogP contribution in [0.25, 0.3) is 0 Å². The van der Waals surface area contributed by atoms with Crippen LogP contribution in [0, 0.1) is 0 Å². The highest BCUT2D eigenvalue weighted by Crippen LogP contribution is 2.32. The molecule has 0 fully saturated rings. The number of fused-ring (bicyclic) bond motifs is 1. The fourth-order valence-electron chi connectivity index (χ4n) is 1.92. The lowest BCUT2D eigenvalue weighted by atomic mass is 10.0. The van der Waals surface area contributed by atoms with E-state index in [4.69, 9.17) is 15.2 Å². The molecule has 4 N–H and O–H groups in total. The minimum atomic E-state index is -0.370. The number of nitrogens with two attached hydrogens (primary N) is 1. The predicted octanol–water partition coefficient (Wildman–Crippen LogP) is 0.488. The number of hydrogen-bond donors (Lipinski definition) is 3. The lowest BCUT2D eigenvalue weighted by Gasteiger charge is -2.14. The quantitative estimate of drug-likeness (QED) is 0.690. The molecule has 19 heavy (non-hydrogen) atoms. The molecule has 0 aliphatic carbocycles. The van der Waals surface area contributed by atoms with Crippen LogP contribution in [0.15, 0.2) is 18.2 Å². The molecule has 1 atom stereocenters. The Morgan fingerprint density at radius 2 is 2.11 bits per heavy atom. The van der Waals surface area contributed by atoms with Crippen molar-refractivity contribution in [1.82, 2.24) is 10.9 Å². The largest absolute Gasteiger partial charge is 0.490 e. The molecule has 6 nitrogen and oxygen atoms in total. The van der Waals surface area contributed by atoms with E-state index in [1.54, 1.807) is 7.05 Å². The predicted molar refractivity (Wildman–Crippen MR) is 70.8 cm³/mol. The average molecular weight is 265 g/mol. The maximum atomic E-state index is 11.5. The van der Waals surface area contributed by atoms with E-state index < -0.39 is 0 Å². The Morgan fingerprint density at radius 3 is 2.84 bits per heavy atom. The minimum Gasteiger partial charge on any atom is -0.490 e. The first-order chi connectivity index (χ1) is 9.20. The van der Waals surface area contributed by atoms with E-state index >= 15 is 0 Å². The van der Waals surface area contributed by atoms with Gasteiger partial charge in [-0.25, -0.2) is 5.43 Å². The lowest BCUT2D eigenvalue weighted by Crippen LogP contribution is -2.36. The Balaban J connectivity index is 2.08. The van der Waals surface area contributed by atoms with Gasteiger partial charge in [0.1, 0.15) is 0 Å². The van der Waals surface area contributed by atoms with Crippen molar-refractivity contribution in [3.8, 4) is 11.5 Å². The average Bonchev–Trinajstić information content (AvgIpc) is 2.63. The first-order valence-corrected chi connectivity index (χ1v) is 6.31. The summed E-state index contributed by atoms with van der Waals surface area (Å²) in [7, 11) is 1.64. The molecular formula is C13H19N3O3. The Morgan fingerprint density at radius 1 is 1.37 bits per heavy atom. The number of benzene rings is 1. The number of hydrazine groups is 1. The summed E-state index contributed by atoms with van der Waals surface area (Å²) in [4.78, 5) is 11.5. The second-order valence-electron chi connectivity index (χ2n) is 4.37. The van der Waals surface area contributed by atoms with Crippen molar-refractivity contribution in [2.75, 3.05) is 20.3 Å². The van der Waals surface area contributed by atoms with Gasteiger partial charge in [-0.15, -0.1) is 0 Å². The molecule has 1 amide bonds. The third kappa shape index (κ3) is 3.59. The van der Waals surface area contributed by atoms with E-state index in [2.05, 4.69) is 10.9 Å². The topological polar surface area (TPSA) is 85.6 Å². The molecule has 1 aliphatic rings. The van der Waals surface area contributed by atoms with Gasteiger partial charge in [-0.2, -0.15) is 0 Å². The Hall–Kier alpha value is -1.79. The second-order valence-corrected chi connectivity index (χ2v) is 4.37. The molecule has 0 bridgehead atoms. The van der Waals surface area contributed by atoms with Crippen LogP contribution in [-0.2, 0) is 4.79 Å². The van der Waals surface area contributed by atoms with E-state index in [1.165, 1.54) is 0 Å². The third-order valence-corrected chi connectivity index (χ3v) is 2.87. The standard InChI is InChI=1S/C13H19N3O3/c1-15-16-13(17)8-10(14)9-3-4-11-12(7-9)19-6-2-5-18-11/h3-4,7,10,15H,2,5-6,8,14H2,1H3,(H,16,17). The van der Waals surface area contributed by atoms with Gasteiger partial charge < -0.3 is 15.2 Å². The molecule has 1 heterocycles. The molecular weight excluding hydrogens is 246 g/mol. The molecule has 0 saturated carbocycles. The van der Waals surface area contributed by atoms with Crippen molar-refractivity contribution in [1.29, 1.82) is 0 Å². The molecule has 0 saturated heterocycles. The highest BCUT2D eigenvalue weighted by molar-refractivity contribution is 5.76. The van der Waals surface area contributed by atoms with Crippen molar-refractivity contribution >= 4 is 5.91 Å². The van der Waals surface area contributed by atoms with Crippen molar-refractivity contribution < 1.29 is 14.3 Å². The molecule has 6 heteroatoms. The first-order valence-electron chi connectivity index (χ1n) is 6.31. The summed E-state index contributed by atoms with van der Waals surface area (Å²) in [6, 6.07) is 5.18. The highest BCUT2D eigenvalue weighted by atomic mass is 16.5. The molecule has 0 spiro atoms. The molecule has 0 radical (unpaired) electrons. The number of amides is 1. The van der Waals surface area contributed by atoms with Crippen LogP contribution in [0.2, 0.25) is 0 Å². The van der Waals surface area contributed by atoms with Gasteiger partial charge in [0.15, 0.2) is 11.5 Å². The summed E-state index contributed by atoms with van der Waals surface area (Å²) in [5, 5.41) is 0. The summed E-state index contributed by atoms with van der Waals surface area (Å²) < 4.78 is 11.1. The first kappa shape index (κ1) is 13.6. The van der Waals surface area contributed by atoms with Gasteiger partial charge in [0.05, 0.1) is 13.2 Å². The molecule has 104 valence electrons. The van der Waals surface area contributed by atoms with Crippen molar-refractivity contribution in [3.63, 3.8) is 0 Å². The van der Waals surface area contributed by atoms with Crippen molar-refractivity contribution in [2.45, 2.75) is 18.9 Å². The van der Waals surface area contributed by atoms with E-state index in [0.717, 1.165) is 17.7 Å². The van der Waals surface area contributed by atoms with Crippen LogP contribution >= 0.6 is 0 Å². The Labute approximate surface area is 112 Å². The van der Waals surface area contributed by atoms with Gasteiger partial charge in [0.2, 0.25) is 5.91 Å². The number of ether oxygens (including phenoxy) is 2. The number of rotatable bonds is 4. The molecule has 1 aromatic rings. The highest BCUT2D eigenvalue weighted by Gasteiger charge is 2.16. The Kier molecular flexibility index (Phi) is 4.59. The zero-order chi connectivity index (χ0) is 13.7. The zero-order valence-corrected chi connectivity index (χ0v) is 10.9. The molecule has 1 aliphatic heterocycles. The van der Waals surface area contributed by atoms with Crippen LogP contribution in [0.4, 0.5) is 0 Å². The maximum absolute atomic E-state index is 11.5. The smallest absolute Gasteiger partial charge is 0.235 e. The van der Waals surface area contributed by atoms with E-state index in [0.29, 0.717) is 19.0 Å². The van der Waals surface area contributed by atoms with Gasteiger partial charge in [-0.1, -0.05) is 6.07 Å². The summed E-state index contributed by atoms with van der Waals surface area (Å²) in [6.45, 7) is 1.29. The molecule has 1 aromatic carbocycles. The lowest BCUT2D eigenvalue weighted by molar-refractivity contribution is -0.122. The second kappa shape index (κ2) is 6.40. The number of nitrogens with one attached hydrogen (secondary N) is 2. The van der Waals surface area contributed by atoms with Gasteiger partial charge in [0, 0.05) is 25.9 Å². The number of carbonyl (C=O) groups excluding carboxylic acids is 1. The zero-order valence-electron chi connectivity index (χ0n) is 10.9. The Bertz CT molecular complexity index is 451. The SMILES string of the molecule is CNNC(=O)CC(N)c1ccc2c(c1)OCCCO2. The molecule has 0 aromatic heterocycles. The van der Waals surface area contributed by atoms with Gasteiger partial charge in [-0.3, -0.25) is 10.2 Å². The summed E-state index contributed by atoms with van der Waals surface area (Å²) in [5.74, 6) is 1.27. The minimum absolute atomic E-state index is 0.151. The van der Waals surface area contributed by atoms with E-state index in [-0.39, 0.29) is 18.4 Å². The monoisotopic (exact) mass is 265 g/mol. The van der Waals surface area contributed by atoms with Crippen LogP contribution in [0.5, 0.6) is 11.5 Å². The van der Waals surface area contributed by atoms with E-state index in [9.17, 15) is 4.79 Å². The van der Waals surface area contributed by atoms with Crippen molar-refractivity contribution in [3.05, 3.63) is 23.8 Å². The molecule has 2 rings (SSSR count). The number of hydrogen-bond acceptors (Lipinski definition) is 5. The van der Waals surface area contributed by atoms with Gasteiger partial charge in [0.25, 0.3) is 0 Å². The van der Waals surface area contributed by atoms with E-state index in [1.807, 2.05) is 18.2 Å². The normalized spacial score (nSPS) is 15.5. The van der Waals surface area contributed by atoms with Crippen LogP contribution < -0.4 is 26.1 Å². The fraction of sp³-hybridized carbons (Fsp3) is 0.462. The molecule has 1 unspecified atom stereocenters. The summed E-state index contributed by atoms with van der Waals surface area (Å²) >= 11 is 0. The van der Waals surface area contributed by atoms with Crippen molar-refractivity contribution in [2.24, 2.45) is 5.73 Å². The van der Waals surface area contributed by atoms with Gasteiger partial charge in [-0.05, 0) is 17.7 Å². The number of carbonyl (C=O) groups is 1. The van der Waals surface area contributed by atoms with Crippen LogP contribution in [-0.4, -0.2) is 26.2 Å². The van der Waals surface area contributed by atoms with Crippen LogP contribution in [0.3, 0.4) is 0 Å². The summed E-state index contributed by atoms with van der Waals surface area (Å²) in [5.41, 5.74) is 11.9.